The third-order valence-corrected chi connectivity index (χ3v) is 4.77. The molecule has 1 aromatic heterocycles. The fourth-order valence-electron chi connectivity index (χ4n) is 2.83. The van der Waals surface area contributed by atoms with E-state index in [0.29, 0.717) is 23.2 Å². The fourth-order valence-corrected chi connectivity index (χ4v) is 2.94. The zero-order valence-electron chi connectivity index (χ0n) is 13.9. The van der Waals surface area contributed by atoms with Crippen molar-refractivity contribution >= 4 is 17.5 Å². The molecule has 1 atom stereocenters. The average molecular weight is 345 g/mol. The van der Waals surface area contributed by atoms with Crippen molar-refractivity contribution in [2.45, 2.75) is 32.4 Å². The average Bonchev–Trinajstić information content (AvgIpc) is 3.45. The third-order valence-electron chi connectivity index (χ3n) is 4.54. The van der Waals surface area contributed by atoms with Gasteiger partial charge in [-0.2, -0.15) is 0 Å². The SMILES string of the molecule is COc1ccc(CN(C(=O)c2ccc(Cl)nc2)C(C)C2CC2)cc1. The molecule has 126 valence electrons. The zero-order valence-corrected chi connectivity index (χ0v) is 14.7. The van der Waals surface area contributed by atoms with Crippen molar-refractivity contribution < 1.29 is 9.53 Å². The lowest BCUT2D eigenvalue weighted by Crippen LogP contribution is -2.39. The van der Waals surface area contributed by atoms with E-state index in [1.165, 1.54) is 12.8 Å². The number of hydrogen-bond donors (Lipinski definition) is 0. The van der Waals surface area contributed by atoms with Gasteiger partial charge in [-0.1, -0.05) is 23.7 Å². The first-order chi connectivity index (χ1) is 11.6. The van der Waals surface area contributed by atoms with Crippen LogP contribution in [0.15, 0.2) is 42.6 Å². The Kier molecular flexibility index (Phi) is 5.05. The number of carbonyl (C=O) groups is 1. The lowest BCUT2D eigenvalue weighted by Gasteiger charge is -2.29. The van der Waals surface area contributed by atoms with Gasteiger partial charge in [-0.3, -0.25) is 4.79 Å². The number of pyridine rings is 1. The van der Waals surface area contributed by atoms with Gasteiger partial charge in [0, 0.05) is 18.8 Å². The molecule has 24 heavy (non-hydrogen) atoms. The Labute approximate surface area is 147 Å². The molecule has 1 aromatic carbocycles. The molecular formula is C19H21ClN2O2. The molecule has 0 N–H and O–H groups in total. The predicted octanol–water partition coefficient (Wildman–Crippen LogP) is 4.18. The molecule has 3 rings (SSSR count). The second-order valence-corrected chi connectivity index (χ2v) is 6.62. The van der Waals surface area contributed by atoms with Crippen molar-refractivity contribution in [1.29, 1.82) is 0 Å². The predicted molar refractivity (Wildman–Crippen MR) is 94.3 cm³/mol. The van der Waals surface area contributed by atoms with Crippen molar-refractivity contribution in [3.8, 4) is 5.75 Å². The molecule has 0 radical (unpaired) electrons. The lowest BCUT2D eigenvalue weighted by molar-refractivity contribution is 0.0654. The summed E-state index contributed by atoms with van der Waals surface area (Å²) >= 11 is 5.83. The van der Waals surface area contributed by atoms with Gasteiger partial charge in [-0.05, 0) is 55.5 Å². The quantitative estimate of drug-likeness (QED) is 0.738. The molecule has 1 aliphatic rings. The van der Waals surface area contributed by atoms with Gasteiger partial charge >= 0.3 is 0 Å². The van der Waals surface area contributed by atoms with E-state index in [2.05, 4.69) is 11.9 Å². The van der Waals surface area contributed by atoms with Crippen LogP contribution in [0, 0.1) is 5.92 Å². The molecule has 0 spiro atoms. The summed E-state index contributed by atoms with van der Waals surface area (Å²) in [6.07, 6.45) is 3.92. The first-order valence-electron chi connectivity index (χ1n) is 8.14. The van der Waals surface area contributed by atoms with E-state index < -0.39 is 0 Å². The Balaban J connectivity index is 1.82. The fraction of sp³-hybridized carbons (Fsp3) is 0.368. The highest BCUT2D eigenvalue weighted by Gasteiger charge is 2.34. The molecule has 0 saturated heterocycles. The minimum Gasteiger partial charge on any atom is -0.497 e. The van der Waals surface area contributed by atoms with Gasteiger partial charge in [0.1, 0.15) is 10.9 Å². The van der Waals surface area contributed by atoms with Gasteiger partial charge in [0.15, 0.2) is 0 Å². The number of rotatable bonds is 6. The van der Waals surface area contributed by atoms with Gasteiger partial charge in [-0.15, -0.1) is 0 Å². The van der Waals surface area contributed by atoms with Crippen LogP contribution in [-0.2, 0) is 6.54 Å². The van der Waals surface area contributed by atoms with E-state index in [9.17, 15) is 4.79 Å². The number of amides is 1. The number of aromatic nitrogens is 1. The van der Waals surface area contributed by atoms with E-state index >= 15 is 0 Å². The van der Waals surface area contributed by atoms with Gasteiger partial charge in [-0.25, -0.2) is 4.98 Å². The highest BCUT2D eigenvalue weighted by Crippen LogP contribution is 2.36. The maximum atomic E-state index is 13.0. The van der Waals surface area contributed by atoms with Gasteiger partial charge in [0.2, 0.25) is 0 Å². The first kappa shape index (κ1) is 16.8. The summed E-state index contributed by atoms with van der Waals surface area (Å²) in [5, 5.41) is 0.392. The molecule has 1 saturated carbocycles. The molecular weight excluding hydrogens is 324 g/mol. The van der Waals surface area contributed by atoms with Crippen LogP contribution < -0.4 is 4.74 Å². The van der Waals surface area contributed by atoms with Crippen LogP contribution in [0.4, 0.5) is 0 Å². The van der Waals surface area contributed by atoms with Crippen LogP contribution in [-0.4, -0.2) is 28.9 Å². The molecule has 0 aliphatic heterocycles. The van der Waals surface area contributed by atoms with E-state index in [4.69, 9.17) is 16.3 Å². The van der Waals surface area contributed by atoms with Crippen LogP contribution in [0.5, 0.6) is 5.75 Å². The summed E-state index contributed by atoms with van der Waals surface area (Å²) < 4.78 is 5.20. The van der Waals surface area contributed by atoms with Crippen LogP contribution in [0.2, 0.25) is 5.15 Å². The smallest absolute Gasteiger partial charge is 0.255 e. The van der Waals surface area contributed by atoms with E-state index in [0.717, 1.165) is 11.3 Å². The van der Waals surface area contributed by atoms with Crippen molar-refractivity contribution in [2.75, 3.05) is 7.11 Å². The summed E-state index contributed by atoms with van der Waals surface area (Å²) in [6.45, 7) is 2.70. The van der Waals surface area contributed by atoms with E-state index in [1.54, 1.807) is 25.4 Å². The number of carbonyl (C=O) groups excluding carboxylic acids is 1. The minimum atomic E-state index is -0.00520. The maximum Gasteiger partial charge on any atom is 0.255 e. The highest BCUT2D eigenvalue weighted by molar-refractivity contribution is 6.29. The summed E-state index contributed by atoms with van der Waals surface area (Å²) in [5.41, 5.74) is 1.65. The summed E-state index contributed by atoms with van der Waals surface area (Å²) in [6, 6.07) is 11.4. The molecule has 1 aliphatic carbocycles. The number of nitrogens with zero attached hydrogens (tertiary/aromatic N) is 2. The summed E-state index contributed by atoms with van der Waals surface area (Å²) in [7, 11) is 1.65. The second kappa shape index (κ2) is 7.22. The Morgan fingerprint density at radius 2 is 2.00 bits per heavy atom. The number of benzene rings is 1. The number of hydrogen-bond acceptors (Lipinski definition) is 3. The Bertz CT molecular complexity index is 696. The molecule has 5 heteroatoms. The Morgan fingerprint density at radius 3 is 2.54 bits per heavy atom. The topological polar surface area (TPSA) is 42.4 Å². The standard InChI is InChI=1S/C19H21ClN2O2/c1-13(15-5-6-15)22(12-14-3-8-17(24-2)9-4-14)19(23)16-7-10-18(20)21-11-16/h3-4,7-11,13,15H,5-6,12H2,1-2H3. The summed E-state index contributed by atoms with van der Waals surface area (Å²) in [5.74, 6) is 1.40. The first-order valence-corrected chi connectivity index (χ1v) is 8.51. The second-order valence-electron chi connectivity index (χ2n) is 6.23. The molecule has 1 fully saturated rings. The molecule has 1 unspecified atom stereocenters. The van der Waals surface area contributed by atoms with Crippen LogP contribution >= 0.6 is 11.6 Å². The Morgan fingerprint density at radius 1 is 1.29 bits per heavy atom. The van der Waals surface area contributed by atoms with Crippen LogP contribution in [0.3, 0.4) is 0 Å². The lowest BCUT2D eigenvalue weighted by atomic mass is 10.1. The van der Waals surface area contributed by atoms with Crippen molar-refractivity contribution in [3.63, 3.8) is 0 Å². The van der Waals surface area contributed by atoms with Gasteiger partial charge in [0.25, 0.3) is 5.91 Å². The Hall–Kier alpha value is -2.07. The molecule has 4 nitrogen and oxygen atoms in total. The number of ether oxygens (including phenoxy) is 1. The van der Waals surface area contributed by atoms with E-state index in [-0.39, 0.29) is 11.9 Å². The van der Waals surface area contributed by atoms with Crippen molar-refractivity contribution in [1.82, 2.24) is 9.88 Å². The van der Waals surface area contributed by atoms with Gasteiger partial charge in [0.05, 0.1) is 12.7 Å². The van der Waals surface area contributed by atoms with Gasteiger partial charge < -0.3 is 9.64 Å². The monoisotopic (exact) mass is 344 g/mol. The minimum absolute atomic E-state index is 0.00520. The maximum absolute atomic E-state index is 13.0. The van der Waals surface area contributed by atoms with Crippen LogP contribution in [0.25, 0.3) is 0 Å². The molecule has 2 aromatic rings. The summed E-state index contributed by atoms with van der Waals surface area (Å²) in [4.78, 5) is 18.9. The van der Waals surface area contributed by atoms with Crippen molar-refractivity contribution in [2.24, 2.45) is 5.92 Å². The van der Waals surface area contributed by atoms with E-state index in [1.807, 2.05) is 29.2 Å². The third kappa shape index (κ3) is 3.88. The zero-order chi connectivity index (χ0) is 17.1. The molecule has 1 heterocycles. The highest BCUT2D eigenvalue weighted by atomic mass is 35.5. The largest absolute Gasteiger partial charge is 0.497 e. The molecule has 1 amide bonds. The molecule has 0 bridgehead atoms. The normalized spacial score (nSPS) is 15.0. The number of halogens is 1. The number of methoxy groups -OCH3 is 1. The van der Waals surface area contributed by atoms with Crippen LogP contribution in [0.1, 0.15) is 35.7 Å². The van der Waals surface area contributed by atoms with Crippen molar-refractivity contribution in [3.05, 3.63) is 58.9 Å².